The standard InChI is InChI=1S/C22H22FN5O4S/c23-17-10-9-16(13-20(17)33(31,32)28-11-5-2-6-12-28)21(29)26-27-22(30)19-14-18(24-25-19)15-7-3-1-4-8-15/h1,3-4,7-10,13-14H,2,5-6,11-12H2,(H,24,25)(H,26,29)(H,27,30). The van der Waals surface area contributed by atoms with Gasteiger partial charge in [-0.05, 0) is 37.1 Å². The molecule has 2 heterocycles. The van der Waals surface area contributed by atoms with Gasteiger partial charge in [0, 0.05) is 24.2 Å². The second kappa shape index (κ2) is 9.51. The number of hydrazine groups is 1. The third kappa shape index (κ3) is 4.94. The van der Waals surface area contributed by atoms with Crippen molar-refractivity contribution in [3.63, 3.8) is 0 Å². The first kappa shape index (κ1) is 22.6. The summed E-state index contributed by atoms with van der Waals surface area (Å²) in [6.45, 7) is 0.618. The van der Waals surface area contributed by atoms with Crippen molar-refractivity contribution in [3.05, 3.63) is 71.7 Å². The van der Waals surface area contributed by atoms with Gasteiger partial charge in [-0.2, -0.15) is 9.40 Å². The number of piperidine rings is 1. The van der Waals surface area contributed by atoms with Crippen LogP contribution in [0, 0.1) is 5.82 Å². The number of aromatic nitrogens is 2. The Kier molecular flexibility index (Phi) is 6.52. The quantitative estimate of drug-likeness (QED) is 0.493. The maximum atomic E-state index is 14.3. The summed E-state index contributed by atoms with van der Waals surface area (Å²) in [6, 6.07) is 13.8. The molecule has 0 bridgehead atoms. The predicted octanol–water partition coefficient (Wildman–Crippen LogP) is 2.47. The highest BCUT2D eigenvalue weighted by Crippen LogP contribution is 2.24. The summed E-state index contributed by atoms with van der Waals surface area (Å²) in [5, 5.41) is 6.67. The van der Waals surface area contributed by atoms with E-state index in [9.17, 15) is 22.4 Å². The number of halogens is 1. The topological polar surface area (TPSA) is 124 Å². The Morgan fingerprint density at radius 3 is 2.36 bits per heavy atom. The number of aromatic amines is 1. The van der Waals surface area contributed by atoms with Gasteiger partial charge in [0.25, 0.3) is 11.8 Å². The number of H-pyrrole nitrogens is 1. The van der Waals surface area contributed by atoms with Crippen LogP contribution in [0.4, 0.5) is 4.39 Å². The van der Waals surface area contributed by atoms with Crippen LogP contribution in [-0.2, 0) is 10.0 Å². The van der Waals surface area contributed by atoms with Crippen LogP contribution in [0.5, 0.6) is 0 Å². The lowest BCUT2D eigenvalue weighted by molar-refractivity contribution is 0.0843. The van der Waals surface area contributed by atoms with E-state index in [1.54, 1.807) is 0 Å². The number of nitrogens with one attached hydrogen (secondary N) is 3. The Morgan fingerprint density at radius 2 is 1.64 bits per heavy atom. The molecule has 3 aromatic rings. The van der Waals surface area contributed by atoms with Crippen molar-refractivity contribution in [3.8, 4) is 11.3 Å². The lowest BCUT2D eigenvalue weighted by Crippen LogP contribution is -2.42. The van der Waals surface area contributed by atoms with Crippen LogP contribution in [0.1, 0.15) is 40.1 Å². The van der Waals surface area contributed by atoms with E-state index in [0.29, 0.717) is 31.6 Å². The molecule has 11 heteroatoms. The number of sulfonamides is 1. The first-order chi connectivity index (χ1) is 15.9. The van der Waals surface area contributed by atoms with E-state index in [2.05, 4.69) is 21.0 Å². The maximum absolute atomic E-state index is 14.3. The van der Waals surface area contributed by atoms with E-state index in [4.69, 9.17) is 0 Å². The molecule has 1 aliphatic rings. The molecule has 1 fully saturated rings. The molecule has 2 aromatic carbocycles. The van der Waals surface area contributed by atoms with Gasteiger partial charge in [0.2, 0.25) is 10.0 Å². The largest absolute Gasteiger partial charge is 0.287 e. The zero-order chi connectivity index (χ0) is 23.4. The van der Waals surface area contributed by atoms with Crippen molar-refractivity contribution in [2.45, 2.75) is 24.2 Å². The Bertz CT molecular complexity index is 1270. The summed E-state index contributed by atoms with van der Waals surface area (Å²) in [4.78, 5) is 24.3. The second-order valence-electron chi connectivity index (χ2n) is 7.55. The first-order valence-corrected chi connectivity index (χ1v) is 11.8. The molecule has 172 valence electrons. The average Bonchev–Trinajstić information content (AvgIpc) is 3.34. The molecule has 0 saturated carbocycles. The number of hydrogen-bond donors (Lipinski definition) is 3. The second-order valence-corrected chi connectivity index (χ2v) is 9.46. The monoisotopic (exact) mass is 471 g/mol. The Hall–Kier alpha value is -3.57. The summed E-state index contributed by atoms with van der Waals surface area (Å²) in [7, 11) is -4.07. The number of benzene rings is 2. The Balaban J connectivity index is 1.44. The predicted molar refractivity (Wildman–Crippen MR) is 118 cm³/mol. The van der Waals surface area contributed by atoms with Gasteiger partial charge >= 0.3 is 0 Å². The van der Waals surface area contributed by atoms with Crippen LogP contribution in [0.3, 0.4) is 0 Å². The number of carbonyl (C=O) groups is 2. The van der Waals surface area contributed by atoms with Gasteiger partial charge < -0.3 is 0 Å². The van der Waals surface area contributed by atoms with Gasteiger partial charge in [-0.25, -0.2) is 12.8 Å². The minimum absolute atomic E-state index is 0.109. The van der Waals surface area contributed by atoms with Gasteiger partial charge in [-0.3, -0.25) is 25.5 Å². The van der Waals surface area contributed by atoms with Gasteiger partial charge in [0.05, 0.1) is 5.69 Å². The molecule has 9 nitrogen and oxygen atoms in total. The van der Waals surface area contributed by atoms with E-state index >= 15 is 0 Å². The van der Waals surface area contributed by atoms with Gasteiger partial charge in [-0.1, -0.05) is 36.8 Å². The SMILES string of the molecule is O=C(NNC(=O)c1cc(-c2ccccc2)n[nH]1)c1ccc(F)c(S(=O)(=O)N2CCCCC2)c1. The zero-order valence-corrected chi connectivity index (χ0v) is 18.4. The van der Waals surface area contributed by atoms with Crippen LogP contribution in [-0.4, -0.2) is 47.8 Å². The number of carbonyl (C=O) groups excluding carboxylic acids is 2. The maximum Gasteiger partial charge on any atom is 0.287 e. The van der Waals surface area contributed by atoms with Crippen LogP contribution in [0.15, 0.2) is 59.5 Å². The zero-order valence-electron chi connectivity index (χ0n) is 17.5. The van der Waals surface area contributed by atoms with Gasteiger partial charge in [-0.15, -0.1) is 0 Å². The fourth-order valence-corrected chi connectivity index (χ4v) is 5.14. The van der Waals surface area contributed by atoms with Crippen molar-refractivity contribution in [2.75, 3.05) is 13.1 Å². The van der Waals surface area contributed by atoms with Crippen molar-refractivity contribution >= 4 is 21.8 Å². The Morgan fingerprint density at radius 1 is 0.939 bits per heavy atom. The van der Waals surface area contributed by atoms with Gasteiger partial charge in [0.1, 0.15) is 16.4 Å². The lowest BCUT2D eigenvalue weighted by Gasteiger charge is -2.26. The van der Waals surface area contributed by atoms with Gasteiger partial charge in [0.15, 0.2) is 0 Å². The molecule has 1 aromatic heterocycles. The number of hydrogen-bond acceptors (Lipinski definition) is 5. The summed E-state index contributed by atoms with van der Waals surface area (Å²) < 4.78 is 41.2. The van der Waals surface area contributed by atoms with Crippen molar-refractivity contribution < 1.29 is 22.4 Å². The highest BCUT2D eigenvalue weighted by atomic mass is 32.2. The summed E-state index contributed by atoms with van der Waals surface area (Å²) in [5.74, 6) is -2.38. The molecule has 1 aliphatic heterocycles. The molecule has 0 radical (unpaired) electrons. The molecule has 4 rings (SSSR count). The summed E-state index contributed by atoms with van der Waals surface area (Å²) in [6.07, 6.45) is 2.32. The fourth-order valence-electron chi connectivity index (χ4n) is 3.53. The van der Waals surface area contributed by atoms with Crippen LogP contribution in [0.25, 0.3) is 11.3 Å². The molecule has 1 saturated heterocycles. The van der Waals surface area contributed by atoms with E-state index in [0.717, 1.165) is 30.2 Å². The minimum atomic E-state index is -4.07. The van der Waals surface area contributed by atoms with E-state index in [1.807, 2.05) is 30.3 Å². The number of rotatable bonds is 5. The average molecular weight is 472 g/mol. The summed E-state index contributed by atoms with van der Waals surface area (Å²) >= 11 is 0. The Labute approximate surface area is 190 Å². The molecule has 33 heavy (non-hydrogen) atoms. The molecular weight excluding hydrogens is 449 g/mol. The molecule has 3 N–H and O–H groups in total. The normalized spacial score (nSPS) is 14.6. The van der Waals surface area contributed by atoms with Crippen molar-refractivity contribution in [2.24, 2.45) is 0 Å². The number of amides is 2. The van der Waals surface area contributed by atoms with E-state index in [-0.39, 0.29) is 11.3 Å². The molecule has 0 aliphatic carbocycles. The number of nitrogens with zero attached hydrogens (tertiary/aromatic N) is 2. The first-order valence-electron chi connectivity index (χ1n) is 10.4. The van der Waals surface area contributed by atoms with E-state index in [1.165, 1.54) is 10.4 Å². The summed E-state index contributed by atoms with van der Waals surface area (Å²) in [5.41, 5.74) is 5.81. The van der Waals surface area contributed by atoms with Crippen molar-refractivity contribution in [1.29, 1.82) is 0 Å². The molecule has 0 spiro atoms. The van der Waals surface area contributed by atoms with E-state index < -0.39 is 32.6 Å². The van der Waals surface area contributed by atoms with Crippen LogP contribution in [0.2, 0.25) is 0 Å². The molecule has 0 unspecified atom stereocenters. The molecule has 0 atom stereocenters. The third-order valence-electron chi connectivity index (χ3n) is 5.31. The minimum Gasteiger partial charge on any atom is -0.272 e. The highest BCUT2D eigenvalue weighted by molar-refractivity contribution is 7.89. The molecule has 2 amide bonds. The van der Waals surface area contributed by atoms with Crippen molar-refractivity contribution in [1.82, 2.24) is 25.4 Å². The molecular formula is C22H22FN5O4S. The van der Waals surface area contributed by atoms with Crippen LogP contribution < -0.4 is 10.9 Å². The lowest BCUT2D eigenvalue weighted by atomic mass is 10.1. The third-order valence-corrected chi connectivity index (χ3v) is 7.22. The highest BCUT2D eigenvalue weighted by Gasteiger charge is 2.29. The smallest absolute Gasteiger partial charge is 0.272 e. The van der Waals surface area contributed by atoms with Crippen LogP contribution >= 0.6 is 0 Å². The fraction of sp³-hybridized carbons (Fsp3) is 0.227.